The second-order valence-electron chi connectivity index (χ2n) is 7.79. The lowest BCUT2D eigenvalue weighted by Crippen LogP contribution is -2.43. The van der Waals surface area contributed by atoms with Crippen LogP contribution in [0.15, 0.2) is 24.3 Å². The van der Waals surface area contributed by atoms with Gasteiger partial charge in [-0.3, -0.25) is 4.79 Å². The molecule has 3 heteroatoms. The van der Waals surface area contributed by atoms with E-state index in [1.165, 1.54) is 0 Å². The first-order valence-electron chi connectivity index (χ1n) is 7.79. The monoisotopic (exact) mass is 288 g/mol. The average Bonchev–Trinajstić information content (AvgIpc) is 2.58. The molecule has 1 atom stereocenters. The second kappa shape index (κ2) is 5.45. The van der Waals surface area contributed by atoms with E-state index in [1.807, 2.05) is 30.9 Å². The Balaban J connectivity index is 2.12. The first-order valence-corrected chi connectivity index (χ1v) is 7.79. The number of hydrogen-bond donors (Lipinski definition) is 1. The maximum absolute atomic E-state index is 12.7. The van der Waals surface area contributed by atoms with Crippen LogP contribution in [-0.2, 0) is 10.2 Å². The number of benzene rings is 1. The summed E-state index contributed by atoms with van der Waals surface area (Å²) in [6.07, 6.45) is 0. The van der Waals surface area contributed by atoms with Crippen LogP contribution in [0.3, 0.4) is 0 Å². The Morgan fingerprint density at radius 2 is 1.86 bits per heavy atom. The highest BCUT2D eigenvalue weighted by Gasteiger charge is 2.43. The summed E-state index contributed by atoms with van der Waals surface area (Å²) in [6, 6.07) is 8.16. The Morgan fingerprint density at radius 3 is 2.48 bits per heavy atom. The summed E-state index contributed by atoms with van der Waals surface area (Å²) in [5.74, 6) is 0.626. The summed E-state index contributed by atoms with van der Waals surface area (Å²) < 4.78 is 0. The predicted octanol–water partition coefficient (Wildman–Crippen LogP) is 3.34. The van der Waals surface area contributed by atoms with Crippen LogP contribution in [-0.4, -0.2) is 24.5 Å². The van der Waals surface area contributed by atoms with Gasteiger partial charge in [0.1, 0.15) is 0 Å². The van der Waals surface area contributed by atoms with Crippen LogP contribution in [0.25, 0.3) is 0 Å². The lowest BCUT2D eigenvalue weighted by Gasteiger charge is -2.27. The number of para-hydroxylation sites is 1. The quantitative estimate of drug-likeness (QED) is 0.921. The number of nitrogens with zero attached hydrogens (tertiary/aromatic N) is 1. The van der Waals surface area contributed by atoms with E-state index < -0.39 is 5.41 Å². The third-order valence-electron chi connectivity index (χ3n) is 4.12. The summed E-state index contributed by atoms with van der Waals surface area (Å²) in [5.41, 5.74) is 1.93. The normalized spacial score (nSPS) is 18.8. The molecular formula is C18H28N2O. The summed E-state index contributed by atoms with van der Waals surface area (Å²) in [7, 11) is 0. The number of fused-ring (bicyclic) bond motifs is 1. The molecule has 3 nitrogen and oxygen atoms in total. The van der Waals surface area contributed by atoms with E-state index in [-0.39, 0.29) is 11.4 Å². The van der Waals surface area contributed by atoms with Gasteiger partial charge in [0.15, 0.2) is 0 Å². The number of carbonyl (C=O) groups excluding carboxylic acids is 1. The van der Waals surface area contributed by atoms with Crippen molar-refractivity contribution in [2.24, 2.45) is 5.92 Å². The Morgan fingerprint density at radius 1 is 1.24 bits per heavy atom. The van der Waals surface area contributed by atoms with Crippen LogP contribution in [0.5, 0.6) is 0 Å². The second-order valence-corrected chi connectivity index (χ2v) is 7.79. The number of rotatable bonds is 4. The zero-order valence-corrected chi connectivity index (χ0v) is 14.2. The first-order chi connectivity index (χ1) is 9.63. The van der Waals surface area contributed by atoms with Gasteiger partial charge in [0.05, 0.1) is 5.41 Å². The van der Waals surface area contributed by atoms with Gasteiger partial charge in [0, 0.05) is 17.8 Å². The standard InChI is InChI=1S/C18H28N2O/c1-13(11-19-17(2,3)4)12-20-15-10-8-7-9-14(15)18(5,6)16(20)21/h7-10,13,19H,11-12H2,1-6H3. The van der Waals surface area contributed by atoms with E-state index in [9.17, 15) is 4.79 Å². The minimum Gasteiger partial charge on any atom is -0.312 e. The van der Waals surface area contributed by atoms with E-state index >= 15 is 0 Å². The van der Waals surface area contributed by atoms with Gasteiger partial charge < -0.3 is 10.2 Å². The van der Waals surface area contributed by atoms with Crippen molar-refractivity contribution in [1.82, 2.24) is 5.32 Å². The maximum atomic E-state index is 12.7. The van der Waals surface area contributed by atoms with Crippen LogP contribution in [0, 0.1) is 5.92 Å². The SMILES string of the molecule is CC(CNC(C)(C)C)CN1C(=O)C(C)(C)c2ccccc21. The van der Waals surface area contributed by atoms with Crippen molar-refractivity contribution < 1.29 is 4.79 Å². The van der Waals surface area contributed by atoms with E-state index in [0.717, 1.165) is 24.3 Å². The van der Waals surface area contributed by atoms with Gasteiger partial charge in [-0.15, -0.1) is 0 Å². The van der Waals surface area contributed by atoms with Gasteiger partial charge >= 0.3 is 0 Å². The van der Waals surface area contributed by atoms with Crippen molar-refractivity contribution in [3.8, 4) is 0 Å². The molecule has 1 N–H and O–H groups in total. The van der Waals surface area contributed by atoms with Gasteiger partial charge in [-0.1, -0.05) is 25.1 Å². The Kier molecular flexibility index (Phi) is 4.16. The minimum atomic E-state index is -0.409. The maximum Gasteiger partial charge on any atom is 0.237 e. The minimum absolute atomic E-state index is 0.112. The largest absolute Gasteiger partial charge is 0.312 e. The summed E-state index contributed by atoms with van der Waals surface area (Å²) in [4.78, 5) is 14.7. The number of amides is 1. The van der Waals surface area contributed by atoms with E-state index in [4.69, 9.17) is 0 Å². The van der Waals surface area contributed by atoms with Crippen LogP contribution in [0.2, 0.25) is 0 Å². The predicted molar refractivity (Wildman–Crippen MR) is 88.7 cm³/mol. The lowest BCUT2D eigenvalue weighted by atomic mass is 9.86. The van der Waals surface area contributed by atoms with Gasteiger partial charge in [-0.2, -0.15) is 0 Å². The molecule has 21 heavy (non-hydrogen) atoms. The van der Waals surface area contributed by atoms with Gasteiger partial charge in [0.25, 0.3) is 0 Å². The van der Waals surface area contributed by atoms with Crippen molar-refractivity contribution in [2.75, 3.05) is 18.0 Å². The molecule has 0 saturated heterocycles. The highest BCUT2D eigenvalue weighted by molar-refractivity contribution is 6.07. The molecule has 1 amide bonds. The molecule has 1 aromatic rings. The van der Waals surface area contributed by atoms with Crippen LogP contribution < -0.4 is 10.2 Å². The van der Waals surface area contributed by atoms with Crippen molar-refractivity contribution in [3.05, 3.63) is 29.8 Å². The Bertz CT molecular complexity index is 528. The molecular weight excluding hydrogens is 260 g/mol. The van der Waals surface area contributed by atoms with E-state index in [1.54, 1.807) is 0 Å². The van der Waals surface area contributed by atoms with Crippen LogP contribution in [0.4, 0.5) is 5.69 Å². The third-order valence-corrected chi connectivity index (χ3v) is 4.12. The Hall–Kier alpha value is -1.35. The summed E-state index contributed by atoms with van der Waals surface area (Å²) in [5, 5.41) is 3.52. The van der Waals surface area contributed by atoms with Crippen LogP contribution in [0.1, 0.15) is 47.1 Å². The highest BCUT2D eigenvalue weighted by atomic mass is 16.2. The number of anilines is 1. The number of hydrogen-bond acceptors (Lipinski definition) is 2. The van der Waals surface area contributed by atoms with E-state index in [2.05, 4.69) is 45.1 Å². The fraction of sp³-hybridized carbons (Fsp3) is 0.611. The van der Waals surface area contributed by atoms with Gasteiger partial charge in [0.2, 0.25) is 5.91 Å². The highest BCUT2D eigenvalue weighted by Crippen LogP contribution is 2.41. The molecule has 0 aliphatic carbocycles. The molecule has 0 radical (unpaired) electrons. The zero-order chi connectivity index (χ0) is 15.8. The first kappa shape index (κ1) is 16.0. The molecule has 1 aliphatic heterocycles. The van der Waals surface area contributed by atoms with Crippen LogP contribution >= 0.6 is 0 Å². The number of carbonyl (C=O) groups is 1. The lowest BCUT2D eigenvalue weighted by molar-refractivity contribution is -0.122. The third kappa shape index (κ3) is 3.29. The molecule has 1 aliphatic rings. The molecule has 1 unspecified atom stereocenters. The number of nitrogens with one attached hydrogen (secondary N) is 1. The molecule has 0 fully saturated rings. The molecule has 0 aromatic heterocycles. The molecule has 2 rings (SSSR count). The van der Waals surface area contributed by atoms with Gasteiger partial charge in [-0.05, 0) is 58.7 Å². The van der Waals surface area contributed by atoms with Crippen molar-refractivity contribution in [2.45, 2.75) is 52.5 Å². The molecule has 0 bridgehead atoms. The molecule has 116 valence electrons. The molecule has 0 spiro atoms. The average molecular weight is 288 g/mol. The smallest absolute Gasteiger partial charge is 0.237 e. The summed E-state index contributed by atoms with van der Waals surface area (Å²) in [6.45, 7) is 14.4. The topological polar surface area (TPSA) is 32.3 Å². The fourth-order valence-corrected chi connectivity index (χ4v) is 2.84. The van der Waals surface area contributed by atoms with E-state index in [0.29, 0.717) is 5.92 Å². The van der Waals surface area contributed by atoms with Crippen molar-refractivity contribution in [3.63, 3.8) is 0 Å². The zero-order valence-electron chi connectivity index (χ0n) is 14.2. The Labute approximate surface area is 128 Å². The van der Waals surface area contributed by atoms with Crippen molar-refractivity contribution in [1.29, 1.82) is 0 Å². The molecule has 1 heterocycles. The molecule has 0 saturated carbocycles. The molecule has 1 aromatic carbocycles. The van der Waals surface area contributed by atoms with Gasteiger partial charge in [-0.25, -0.2) is 0 Å². The summed E-state index contributed by atoms with van der Waals surface area (Å²) >= 11 is 0. The fourth-order valence-electron chi connectivity index (χ4n) is 2.84. The van der Waals surface area contributed by atoms with Crippen molar-refractivity contribution >= 4 is 11.6 Å².